The molecule has 0 spiro atoms. The highest BCUT2D eigenvalue weighted by Gasteiger charge is 2.01. The van der Waals surface area contributed by atoms with Gasteiger partial charge >= 0.3 is 0 Å². The number of Topliss-reactive ketones (excluding diaryl/α,β-unsaturated/α-hetero) is 1. The molecular formula is C8H14OS. The average molecular weight is 158 g/mol. The fraction of sp³-hybridized carbons (Fsp3) is 0.625. The summed E-state index contributed by atoms with van der Waals surface area (Å²) in [6.07, 6.45) is 0. The molecule has 0 aliphatic heterocycles. The first-order valence-corrected chi connectivity index (χ1v) is 4.39. The van der Waals surface area contributed by atoms with Crippen LogP contribution in [0, 0.1) is 0 Å². The van der Waals surface area contributed by atoms with Crippen LogP contribution in [-0.2, 0) is 4.79 Å². The normalized spacial score (nSPS) is 10.0. The lowest BCUT2D eigenvalue weighted by Gasteiger charge is -2.03. The van der Waals surface area contributed by atoms with Crippen molar-refractivity contribution in [1.82, 2.24) is 0 Å². The third-order valence-corrected chi connectivity index (χ3v) is 2.27. The molecule has 58 valence electrons. The van der Waals surface area contributed by atoms with Crippen LogP contribution in [0.4, 0.5) is 0 Å². The van der Waals surface area contributed by atoms with E-state index >= 15 is 0 Å². The Morgan fingerprint density at radius 3 is 2.40 bits per heavy atom. The molecule has 0 saturated heterocycles. The lowest BCUT2D eigenvalue weighted by Crippen LogP contribution is -1.99. The molecule has 0 bridgehead atoms. The fourth-order valence-corrected chi connectivity index (χ4v) is 1.11. The summed E-state index contributed by atoms with van der Waals surface area (Å²) in [5.74, 6) is 0.876. The van der Waals surface area contributed by atoms with Crippen molar-refractivity contribution in [2.24, 2.45) is 0 Å². The fourth-order valence-electron chi connectivity index (χ4n) is 0.369. The van der Waals surface area contributed by atoms with E-state index < -0.39 is 0 Å². The van der Waals surface area contributed by atoms with Gasteiger partial charge in [-0.05, 0) is 17.7 Å². The summed E-state index contributed by atoms with van der Waals surface area (Å²) in [4.78, 5) is 10.6. The molecular weight excluding hydrogens is 144 g/mol. The topological polar surface area (TPSA) is 17.1 Å². The number of carbonyl (C=O) groups excluding carboxylic acids is 1. The lowest BCUT2D eigenvalue weighted by atomic mass is 10.2. The molecule has 0 aromatic rings. The standard InChI is InChI=1S/C8H14OS/c1-6(2)10-5-7(3)8(4)9/h6H,3,5H2,1-2,4H3. The highest BCUT2D eigenvalue weighted by molar-refractivity contribution is 8.00. The van der Waals surface area contributed by atoms with E-state index in [-0.39, 0.29) is 5.78 Å². The Balaban J connectivity index is 3.50. The molecule has 0 saturated carbocycles. The highest BCUT2D eigenvalue weighted by Crippen LogP contribution is 2.12. The molecule has 0 radical (unpaired) electrons. The first kappa shape index (κ1) is 9.76. The number of thioether (sulfide) groups is 1. The van der Waals surface area contributed by atoms with E-state index in [2.05, 4.69) is 20.4 Å². The zero-order valence-corrected chi connectivity index (χ0v) is 7.62. The molecule has 0 aliphatic carbocycles. The van der Waals surface area contributed by atoms with Gasteiger partial charge in [0.1, 0.15) is 0 Å². The van der Waals surface area contributed by atoms with Crippen LogP contribution in [0.5, 0.6) is 0 Å². The number of hydrogen-bond acceptors (Lipinski definition) is 2. The maximum atomic E-state index is 10.6. The van der Waals surface area contributed by atoms with Crippen LogP contribution in [-0.4, -0.2) is 16.8 Å². The molecule has 0 aliphatic rings. The van der Waals surface area contributed by atoms with Gasteiger partial charge in [0.05, 0.1) is 0 Å². The van der Waals surface area contributed by atoms with Crippen LogP contribution < -0.4 is 0 Å². The lowest BCUT2D eigenvalue weighted by molar-refractivity contribution is -0.113. The molecule has 2 heteroatoms. The molecule has 0 atom stereocenters. The summed E-state index contributed by atoms with van der Waals surface area (Å²) in [5, 5.41) is 0.580. The van der Waals surface area contributed by atoms with Crippen molar-refractivity contribution < 1.29 is 4.79 Å². The quantitative estimate of drug-likeness (QED) is 0.584. The van der Waals surface area contributed by atoms with Gasteiger partial charge in [0.2, 0.25) is 0 Å². The van der Waals surface area contributed by atoms with Gasteiger partial charge in [-0.25, -0.2) is 0 Å². The van der Waals surface area contributed by atoms with E-state index in [1.54, 1.807) is 18.7 Å². The monoisotopic (exact) mass is 158 g/mol. The van der Waals surface area contributed by atoms with Crippen molar-refractivity contribution in [2.75, 3.05) is 5.75 Å². The Labute approximate surface area is 66.9 Å². The molecule has 1 nitrogen and oxygen atoms in total. The van der Waals surface area contributed by atoms with Gasteiger partial charge in [0.25, 0.3) is 0 Å². The Morgan fingerprint density at radius 2 is 2.10 bits per heavy atom. The molecule has 0 heterocycles. The van der Waals surface area contributed by atoms with Crippen molar-refractivity contribution >= 4 is 17.5 Å². The van der Waals surface area contributed by atoms with Crippen LogP contribution >= 0.6 is 11.8 Å². The Bertz CT molecular complexity index is 138. The van der Waals surface area contributed by atoms with E-state index in [9.17, 15) is 4.79 Å². The summed E-state index contributed by atoms with van der Waals surface area (Å²) in [6, 6.07) is 0. The van der Waals surface area contributed by atoms with Crippen LogP contribution in [0.25, 0.3) is 0 Å². The molecule has 0 aromatic heterocycles. The summed E-state index contributed by atoms with van der Waals surface area (Å²) in [5.41, 5.74) is 0.721. The molecule has 0 rings (SSSR count). The zero-order chi connectivity index (χ0) is 8.15. The van der Waals surface area contributed by atoms with Crippen molar-refractivity contribution in [1.29, 1.82) is 0 Å². The first-order chi connectivity index (χ1) is 4.54. The second-order valence-corrected chi connectivity index (χ2v) is 4.08. The maximum Gasteiger partial charge on any atom is 0.156 e. The third-order valence-electron chi connectivity index (χ3n) is 1.09. The van der Waals surface area contributed by atoms with Gasteiger partial charge in [-0.1, -0.05) is 20.4 Å². The Hall–Kier alpha value is -0.240. The molecule has 0 N–H and O–H groups in total. The van der Waals surface area contributed by atoms with E-state index in [0.717, 1.165) is 11.3 Å². The highest BCUT2D eigenvalue weighted by atomic mass is 32.2. The van der Waals surface area contributed by atoms with Gasteiger partial charge in [0.15, 0.2) is 5.78 Å². The van der Waals surface area contributed by atoms with Crippen LogP contribution in [0.1, 0.15) is 20.8 Å². The van der Waals surface area contributed by atoms with Crippen molar-refractivity contribution in [2.45, 2.75) is 26.0 Å². The summed E-state index contributed by atoms with van der Waals surface area (Å²) >= 11 is 1.75. The SMILES string of the molecule is C=C(CSC(C)C)C(C)=O. The largest absolute Gasteiger partial charge is 0.295 e. The van der Waals surface area contributed by atoms with Crippen molar-refractivity contribution in [3.05, 3.63) is 12.2 Å². The van der Waals surface area contributed by atoms with Crippen molar-refractivity contribution in [3.8, 4) is 0 Å². The number of hydrogen-bond donors (Lipinski definition) is 0. The van der Waals surface area contributed by atoms with Gasteiger partial charge in [-0.2, -0.15) is 11.8 Å². The van der Waals surface area contributed by atoms with Crippen LogP contribution in [0.15, 0.2) is 12.2 Å². The van der Waals surface area contributed by atoms with Gasteiger partial charge in [-0.3, -0.25) is 4.79 Å². The Morgan fingerprint density at radius 1 is 1.60 bits per heavy atom. The van der Waals surface area contributed by atoms with Gasteiger partial charge in [-0.15, -0.1) is 0 Å². The number of carbonyl (C=O) groups is 1. The molecule has 10 heavy (non-hydrogen) atoms. The molecule has 0 amide bonds. The average Bonchev–Trinajstić information content (AvgIpc) is 1.82. The third kappa shape index (κ3) is 4.62. The van der Waals surface area contributed by atoms with E-state index in [1.807, 2.05) is 0 Å². The zero-order valence-electron chi connectivity index (χ0n) is 6.81. The number of rotatable bonds is 4. The number of ketones is 1. The minimum Gasteiger partial charge on any atom is -0.295 e. The summed E-state index contributed by atoms with van der Waals surface area (Å²) < 4.78 is 0. The van der Waals surface area contributed by atoms with Gasteiger partial charge < -0.3 is 0 Å². The van der Waals surface area contributed by atoms with Crippen LogP contribution in [0.3, 0.4) is 0 Å². The van der Waals surface area contributed by atoms with E-state index in [1.165, 1.54) is 0 Å². The molecule has 0 unspecified atom stereocenters. The van der Waals surface area contributed by atoms with E-state index in [0.29, 0.717) is 5.25 Å². The summed E-state index contributed by atoms with van der Waals surface area (Å²) in [7, 11) is 0. The summed E-state index contributed by atoms with van der Waals surface area (Å²) in [6.45, 7) is 9.43. The van der Waals surface area contributed by atoms with E-state index in [4.69, 9.17) is 0 Å². The smallest absolute Gasteiger partial charge is 0.156 e. The predicted molar refractivity (Wildman–Crippen MR) is 47.4 cm³/mol. The van der Waals surface area contributed by atoms with Crippen molar-refractivity contribution in [3.63, 3.8) is 0 Å². The maximum absolute atomic E-state index is 10.6. The van der Waals surface area contributed by atoms with Crippen LogP contribution in [0.2, 0.25) is 0 Å². The molecule has 0 fully saturated rings. The minimum atomic E-state index is 0.105. The van der Waals surface area contributed by atoms with Gasteiger partial charge in [0, 0.05) is 5.75 Å². The minimum absolute atomic E-state index is 0.105. The first-order valence-electron chi connectivity index (χ1n) is 3.34. The molecule has 0 aromatic carbocycles. The second-order valence-electron chi connectivity index (χ2n) is 2.52. The Kier molecular flexibility index (Phi) is 4.45. The predicted octanol–water partition coefficient (Wildman–Crippen LogP) is 2.27. The second kappa shape index (κ2) is 4.56.